The van der Waals surface area contributed by atoms with Crippen molar-refractivity contribution in [2.24, 2.45) is 17.4 Å². The van der Waals surface area contributed by atoms with E-state index in [4.69, 9.17) is 16.2 Å². The van der Waals surface area contributed by atoms with E-state index in [1.807, 2.05) is 44.2 Å². The Kier molecular flexibility index (Phi) is 7.65. The van der Waals surface area contributed by atoms with Gasteiger partial charge in [-0.3, -0.25) is 14.5 Å². The van der Waals surface area contributed by atoms with Gasteiger partial charge < -0.3 is 16.2 Å². The molecule has 2 aromatic rings. The smallest absolute Gasteiger partial charge is 0.415 e. The number of amides is 3. The molecule has 2 aromatic carbocycles. The highest BCUT2D eigenvalue weighted by Gasteiger charge is 2.35. The molecule has 7 nitrogen and oxygen atoms in total. The Bertz CT molecular complexity index is 963. The van der Waals surface area contributed by atoms with Crippen LogP contribution in [0, 0.1) is 5.92 Å². The van der Waals surface area contributed by atoms with Crippen molar-refractivity contribution in [2.45, 2.75) is 65.5 Å². The first-order valence-corrected chi connectivity index (χ1v) is 10.5. The van der Waals surface area contributed by atoms with Crippen LogP contribution in [0.5, 0.6) is 0 Å². The van der Waals surface area contributed by atoms with E-state index in [0.29, 0.717) is 18.5 Å². The first-order chi connectivity index (χ1) is 14.4. The molecule has 31 heavy (non-hydrogen) atoms. The maximum absolute atomic E-state index is 13.3. The predicted molar refractivity (Wildman–Crippen MR) is 123 cm³/mol. The number of nitrogens with zero attached hydrogens (tertiary/aromatic N) is 1. The average molecular weight is 428 g/mol. The lowest BCUT2D eigenvalue weighted by Gasteiger charge is -2.34. The molecular formula is C24H33N3O4. The second-order valence-electron chi connectivity index (χ2n) is 9.15. The molecule has 0 saturated carbocycles. The number of rotatable bonds is 8. The summed E-state index contributed by atoms with van der Waals surface area (Å²) >= 11 is 0. The number of carbonyl (C=O) groups is 3. The molecule has 0 unspecified atom stereocenters. The molecular weight excluding hydrogens is 394 g/mol. The Morgan fingerprint density at radius 3 is 2.23 bits per heavy atom. The van der Waals surface area contributed by atoms with Crippen molar-refractivity contribution in [2.75, 3.05) is 4.90 Å². The minimum atomic E-state index is -0.900. The van der Waals surface area contributed by atoms with Gasteiger partial charge in [0.15, 0.2) is 0 Å². The maximum atomic E-state index is 13.3. The molecule has 7 heteroatoms. The molecule has 2 rings (SSSR count). The van der Waals surface area contributed by atoms with E-state index in [1.54, 1.807) is 26.8 Å². The molecule has 4 N–H and O–H groups in total. The van der Waals surface area contributed by atoms with Crippen LogP contribution in [0.4, 0.5) is 10.5 Å². The van der Waals surface area contributed by atoms with Gasteiger partial charge in [-0.1, -0.05) is 44.2 Å². The van der Waals surface area contributed by atoms with Crippen LogP contribution in [0.15, 0.2) is 36.4 Å². The Hall–Kier alpha value is -3.09. The molecule has 0 aliphatic rings. The number of carbonyl (C=O) groups excluding carboxylic acids is 3. The normalized spacial score (nSPS) is 12.6. The van der Waals surface area contributed by atoms with Crippen molar-refractivity contribution in [1.29, 1.82) is 0 Å². The molecule has 0 aliphatic carbocycles. The second kappa shape index (κ2) is 9.81. The fourth-order valence-electron chi connectivity index (χ4n) is 3.56. The quantitative estimate of drug-likeness (QED) is 0.664. The Balaban J connectivity index is 2.73. The van der Waals surface area contributed by atoms with Crippen LogP contribution in [0.2, 0.25) is 0 Å². The lowest BCUT2D eigenvalue weighted by Crippen LogP contribution is -2.51. The van der Waals surface area contributed by atoms with Crippen molar-refractivity contribution in [3.8, 4) is 0 Å². The van der Waals surface area contributed by atoms with Gasteiger partial charge in [-0.2, -0.15) is 0 Å². The first kappa shape index (κ1) is 24.2. The molecule has 0 saturated heterocycles. The molecule has 3 amide bonds. The van der Waals surface area contributed by atoms with E-state index < -0.39 is 29.6 Å². The van der Waals surface area contributed by atoms with E-state index in [0.717, 1.165) is 16.3 Å². The fourth-order valence-corrected chi connectivity index (χ4v) is 3.56. The number of anilines is 1. The Morgan fingerprint density at radius 2 is 1.68 bits per heavy atom. The topological polar surface area (TPSA) is 116 Å². The van der Waals surface area contributed by atoms with Gasteiger partial charge in [-0.15, -0.1) is 0 Å². The summed E-state index contributed by atoms with van der Waals surface area (Å²) in [6.07, 6.45) is 0.136. The van der Waals surface area contributed by atoms with Crippen LogP contribution in [-0.2, 0) is 20.7 Å². The van der Waals surface area contributed by atoms with E-state index in [1.165, 1.54) is 4.90 Å². The summed E-state index contributed by atoms with van der Waals surface area (Å²) in [5.74, 6) is -0.957. The SMILES string of the molecule is CC(C)C[C@@H](C(N)=O)N(C(=O)OC(C)(C)C)c1ccc2ccccc2c1CCC(N)=O. The number of primary amides is 2. The number of nitrogens with two attached hydrogens (primary N) is 2. The Labute approximate surface area is 183 Å². The third-order valence-electron chi connectivity index (χ3n) is 4.82. The predicted octanol–water partition coefficient (Wildman–Crippen LogP) is 3.90. The van der Waals surface area contributed by atoms with Gasteiger partial charge in [0.25, 0.3) is 0 Å². The van der Waals surface area contributed by atoms with Crippen molar-refractivity contribution in [3.63, 3.8) is 0 Å². The third-order valence-corrected chi connectivity index (χ3v) is 4.82. The molecule has 0 fully saturated rings. The summed E-state index contributed by atoms with van der Waals surface area (Å²) in [5.41, 5.74) is 11.6. The van der Waals surface area contributed by atoms with Gasteiger partial charge in [0, 0.05) is 6.42 Å². The highest BCUT2D eigenvalue weighted by atomic mass is 16.6. The summed E-state index contributed by atoms with van der Waals surface area (Å²) in [4.78, 5) is 38.7. The summed E-state index contributed by atoms with van der Waals surface area (Å²) in [6.45, 7) is 9.20. The number of hydrogen-bond acceptors (Lipinski definition) is 4. The van der Waals surface area contributed by atoms with Gasteiger partial charge in [-0.05, 0) is 61.9 Å². The highest BCUT2D eigenvalue weighted by molar-refractivity contribution is 6.01. The third kappa shape index (κ3) is 6.44. The van der Waals surface area contributed by atoms with Gasteiger partial charge in [0.05, 0.1) is 5.69 Å². The lowest BCUT2D eigenvalue weighted by atomic mass is 9.95. The minimum absolute atomic E-state index is 0.106. The second-order valence-corrected chi connectivity index (χ2v) is 9.15. The molecule has 0 bridgehead atoms. The standard InChI is InChI=1S/C24H33N3O4/c1-15(2)14-20(22(26)29)27(23(30)31-24(3,4)5)19-12-10-16-8-6-7-9-17(16)18(19)11-13-21(25)28/h6-10,12,15,20H,11,13-14H2,1-5H3,(H2,25,28)(H2,26,29)/t20-/m0/s1. The number of aryl methyl sites for hydroxylation is 1. The molecule has 0 aliphatic heterocycles. The fraction of sp³-hybridized carbons (Fsp3) is 0.458. The van der Waals surface area contributed by atoms with Crippen LogP contribution in [0.3, 0.4) is 0 Å². The molecule has 168 valence electrons. The molecule has 0 spiro atoms. The number of hydrogen-bond donors (Lipinski definition) is 2. The monoisotopic (exact) mass is 427 g/mol. The van der Waals surface area contributed by atoms with Crippen LogP contribution >= 0.6 is 0 Å². The van der Waals surface area contributed by atoms with Gasteiger partial charge >= 0.3 is 6.09 Å². The number of benzene rings is 2. The summed E-state index contributed by atoms with van der Waals surface area (Å²) in [7, 11) is 0. The summed E-state index contributed by atoms with van der Waals surface area (Å²) in [5, 5.41) is 1.83. The summed E-state index contributed by atoms with van der Waals surface area (Å²) in [6, 6.07) is 10.4. The minimum Gasteiger partial charge on any atom is -0.443 e. The van der Waals surface area contributed by atoms with E-state index in [-0.39, 0.29) is 12.3 Å². The molecule has 0 aromatic heterocycles. The van der Waals surface area contributed by atoms with Crippen LogP contribution in [-0.4, -0.2) is 29.6 Å². The highest BCUT2D eigenvalue weighted by Crippen LogP contribution is 2.33. The van der Waals surface area contributed by atoms with Crippen LogP contribution in [0.1, 0.15) is 53.0 Å². The van der Waals surface area contributed by atoms with Gasteiger partial charge in [-0.25, -0.2) is 4.79 Å². The zero-order valence-corrected chi connectivity index (χ0v) is 19.0. The van der Waals surface area contributed by atoms with Crippen molar-refractivity contribution >= 4 is 34.4 Å². The maximum Gasteiger partial charge on any atom is 0.415 e. The van der Waals surface area contributed by atoms with Crippen LogP contribution < -0.4 is 16.4 Å². The molecule has 0 radical (unpaired) electrons. The van der Waals surface area contributed by atoms with E-state index in [9.17, 15) is 14.4 Å². The molecule has 0 heterocycles. The zero-order valence-electron chi connectivity index (χ0n) is 19.0. The zero-order chi connectivity index (χ0) is 23.3. The van der Waals surface area contributed by atoms with Crippen molar-refractivity contribution in [3.05, 3.63) is 42.0 Å². The van der Waals surface area contributed by atoms with Crippen molar-refractivity contribution in [1.82, 2.24) is 0 Å². The first-order valence-electron chi connectivity index (χ1n) is 10.5. The van der Waals surface area contributed by atoms with Crippen LogP contribution in [0.25, 0.3) is 10.8 Å². The average Bonchev–Trinajstić information content (AvgIpc) is 2.64. The number of ether oxygens (including phenoxy) is 1. The molecule has 1 atom stereocenters. The van der Waals surface area contributed by atoms with Gasteiger partial charge in [0.2, 0.25) is 11.8 Å². The largest absolute Gasteiger partial charge is 0.443 e. The Morgan fingerprint density at radius 1 is 1.03 bits per heavy atom. The van der Waals surface area contributed by atoms with Crippen molar-refractivity contribution < 1.29 is 19.1 Å². The van der Waals surface area contributed by atoms with Gasteiger partial charge in [0.1, 0.15) is 11.6 Å². The summed E-state index contributed by atoms with van der Waals surface area (Å²) < 4.78 is 5.65. The van der Waals surface area contributed by atoms with E-state index >= 15 is 0 Å². The lowest BCUT2D eigenvalue weighted by molar-refractivity contribution is -0.120. The number of fused-ring (bicyclic) bond motifs is 1. The van der Waals surface area contributed by atoms with E-state index in [2.05, 4.69) is 0 Å².